The molecule has 0 amide bonds. The van der Waals surface area contributed by atoms with Crippen molar-refractivity contribution in [3.05, 3.63) is 136 Å². The van der Waals surface area contributed by atoms with Gasteiger partial charge in [-0.2, -0.15) is 8.78 Å². The van der Waals surface area contributed by atoms with E-state index >= 15 is 0 Å². The summed E-state index contributed by atoms with van der Waals surface area (Å²) in [6.07, 6.45) is -0.428. The summed E-state index contributed by atoms with van der Waals surface area (Å²) in [5.41, 5.74) is -3.77. The van der Waals surface area contributed by atoms with Gasteiger partial charge in [-0.1, -0.05) is 24.0 Å². The van der Waals surface area contributed by atoms with E-state index in [-0.39, 0.29) is 17.5 Å². The van der Waals surface area contributed by atoms with Crippen LogP contribution in [-0.4, -0.2) is 0 Å². The van der Waals surface area contributed by atoms with Gasteiger partial charge in [0.1, 0.15) is 40.4 Å². The molecule has 1 nitrogen and oxygen atoms in total. The van der Waals surface area contributed by atoms with Gasteiger partial charge in [-0.25, -0.2) is 35.1 Å². The Morgan fingerprint density at radius 2 is 1.30 bits per heavy atom. The summed E-state index contributed by atoms with van der Waals surface area (Å²) in [6, 6.07) is 5.86. The van der Waals surface area contributed by atoms with E-state index in [1.54, 1.807) is 19.1 Å². The summed E-state index contributed by atoms with van der Waals surface area (Å²) in [7, 11) is 0. The molecule has 0 aromatic heterocycles. The van der Waals surface area contributed by atoms with Crippen molar-refractivity contribution < 1.29 is 48.6 Å². The van der Waals surface area contributed by atoms with E-state index in [0.29, 0.717) is 36.8 Å². The smallest absolute Gasteiger partial charge is 0.429 e. The maximum atomic E-state index is 14.7. The predicted octanol–water partition coefficient (Wildman–Crippen LogP) is 9.50. The second-order valence-electron chi connectivity index (χ2n) is 9.12. The summed E-state index contributed by atoms with van der Waals surface area (Å²) >= 11 is 0. The lowest BCUT2D eigenvalue weighted by molar-refractivity contribution is -0.189. The predicted molar refractivity (Wildman–Crippen MR) is 138 cm³/mol. The maximum absolute atomic E-state index is 14.7. The first kappa shape index (κ1) is 31.2. The molecule has 0 unspecified atom stereocenters. The number of rotatable bonds is 7. The summed E-state index contributed by atoms with van der Waals surface area (Å²) < 4.78 is 147. The van der Waals surface area contributed by atoms with Crippen molar-refractivity contribution in [3.8, 4) is 28.7 Å². The van der Waals surface area contributed by atoms with Gasteiger partial charge < -0.3 is 4.74 Å². The first-order valence-electron chi connectivity index (χ1n) is 12.4. The van der Waals surface area contributed by atoms with Crippen LogP contribution in [0.3, 0.4) is 0 Å². The Morgan fingerprint density at radius 1 is 0.698 bits per heavy atom. The topological polar surface area (TPSA) is 9.23 Å². The zero-order valence-electron chi connectivity index (χ0n) is 22.0. The third-order valence-corrected chi connectivity index (χ3v) is 6.07. The standard InChI is InChI=1S/C32H18F10O/c1-2-3-4-5-17-12-25(36)30(26(37)13-17)32(41,42)43-21-9-8-19(22(33)16-21)7-6-18-10-23(34)29(24(35)11-18)20-14-27(38)31(40)28(39)15-20/h2-3,8-16H,4-5H2,1H3/b3-2+. The number of alkyl halides is 2. The number of hydrogen-bond donors (Lipinski definition) is 0. The average molecular weight is 608 g/mol. The minimum Gasteiger partial charge on any atom is -0.429 e. The van der Waals surface area contributed by atoms with Crippen molar-refractivity contribution in [1.29, 1.82) is 0 Å². The Bertz CT molecular complexity index is 1710. The number of ether oxygens (including phenoxy) is 1. The fraction of sp³-hybridized carbons (Fsp3) is 0.125. The molecule has 43 heavy (non-hydrogen) atoms. The van der Waals surface area contributed by atoms with Gasteiger partial charge in [-0.05, 0) is 79.4 Å². The average Bonchev–Trinajstić information content (AvgIpc) is 2.90. The molecular weight excluding hydrogens is 590 g/mol. The molecule has 0 aliphatic carbocycles. The molecule has 4 aromatic carbocycles. The number of allylic oxidation sites excluding steroid dienone is 2. The highest BCUT2D eigenvalue weighted by molar-refractivity contribution is 5.66. The van der Waals surface area contributed by atoms with Gasteiger partial charge in [0.05, 0.1) is 11.1 Å². The van der Waals surface area contributed by atoms with Crippen LogP contribution in [0.4, 0.5) is 43.9 Å². The molecule has 0 saturated carbocycles. The monoisotopic (exact) mass is 608 g/mol. The molecule has 0 saturated heterocycles. The highest BCUT2D eigenvalue weighted by Gasteiger charge is 2.41. The van der Waals surface area contributed by atoms with Crippen molar-refractivity contribution in [3.63, 3.8) is 0 Å². The van der Waals surface area contributed by atoms with Crippen LogP contribution in [0.1, 0.15) is 35.6 Å². The molecule has 0 aliphatic rings. The van der Waals surface area contributed by atoms with Crippen LogP contribution < -0.4 is 4.74 Å². The third kappa shape index (κ3) is 7.02. The molecule has 11 heteroatoms. The lowest BCUT2D eigenvalue weighted by atomic mass is 10.0. The van der Waals surface area contributed by atoms with Gasteiger partial charge in [0.25, 0.3) is 0 Å². The molecule has 0 atom stereocenters. The van der Waals surface area contributed by atoms with Crippen LogP contribution in [-0.2, 0) is 12.5 Å². The van der Waals surface area contributed by atoms with Crippen LogP contribution in [0.15, 0.2) is 66.7 Å². The Labute approximate surface area is 239 Å². The van der Waals surface area contributed by atoms with Crippen LogP contribution in [0.25, 0.3) is 11.1 Å². The molecular formula is C32H18F10O. The van der Waals surface area contributed by atoms with E-state index in [1.807, 2.05) is 0 Å². The van der Waals surface area contributed by atoms with E-state index in [0.717, 1.165) is 24.3 Å². The summed E-state index contributed by atoms with van der Waals surface area (Å²) in [6.45, 7) is 1.75. The van der Waals surface area contributed by atoms with Gasteiger partial charge in [-0.3, -0.25) is 0 Å². The normalized spacial score (nSPS) is 11.5. The van der Waals surface area contributed by atoms with Crippen LogP contribution in [0.2, 0.25) is 0 Å². The number of halogens is 10. The Morgan fingerprint density at radius 3 is 1.86 bits per heavy atom. The largest absolute Gasteiger partial charge is 0.432 e. The third-order valence-electron chi connectivity index (χ3n) is 6.07. The molecule has 0 bridgehead atoms. The van der Waals surface area contributed by atoms with E-state index in [4.69, 9.17) is 0 Å². The zero-order chi connectivity index (χ0) is 31.5. The fourth-order valence-corrected chi connectivity index (χ4v) is 4.08. The zero-order valence-corrected chi connectivity index (χ0v) is 22.0. The highest BCUT2D eigenvalue weighted by atomic mass is 19.3. The first-order valence-corrected chi connectivity index (χ1v) is 12.4. The van der Waals surface area contributed by atoms with Crippen molar-refractivity contribution in [2.45, 2.75) is 25.9 Å². The molecule has 4 aromatic rings. The van der Waals surface area contributed by atoms with Crippen LogP contribution >= 0.6 is 0 Å². The second kappa shape index (κ2) is 12.7. The van der Waals surface area contributed by atoms with Gasteiger partial charge in [0.15, 0.2) is 17.5 Å². The number of hydrogen-bond acceptors (Lipinski definition) is 1. The van der Waals surface area contributed by atoms with E-state index in [9.17, 15) is 43.9 Å². The number of benzene rings is 4. The minimum absolute atomic E-state index is 0.147. The summed E-state index contributed by atoms with van der Waals surface area (Å²) in [5, 5.41) is 0. The number of aryl methyl sites for hydroxylation is 1. The van der Waals surface area contributed by atoms with Crippen molar-refractivity contribution in [2.24, 2.45) is 0 Å². The van der Waals surface area contributed by atoms with Gasteiger partial charge in [0.2, 0.25) is 0 Å². The van der Waals surface area contributed by atoms with Gasteiger partial charge in [0, 0.05) is 11.6 Å². The van der Waals surface area contributed by atoms with Crippen LogP contribution in [0.5, 0.6) is 5.75 Å². The van der Waals surface area contributed by atoms with Crippen molar-refractivity contribution >= 4 is 0 Å². The molecule has 0 spiro atoms. The lowest BCUT2D eigenvalue weighted by Crippen LogP contribution is -2.25. The Balaban J connectivity index is 1.55. The van der Waals surface area contributed by atoms with Gasteiger partial charge in [-0.15, -0.1) is 0 Å². The molecule has 4 rings (SSSR count). The Hall–Kier alpha value is -4.72. The van der Waals surface area contributed by atoms with E-state index < -0.39 is 80.6 Å². The highest BCUT2D eigenvalue weighted by Crippen LogP contribution is 2.36. The molecule has 0 heterocycles. The summed E-state index contributed by atoms with van der Waals surface area (Å²) in [4.78, 5) is 0. The maximum Gasteiger partial charge on any atom is 0.432 e. The van der Waals surface area contributed by atoms with E-state index in [1.165, 1.54) is 0 Å². The van der Waals surface area contributed by atoms with E-state index in [2.05, 4.69) is 16.6 Å². The quantitative estimate of drug-likeness (QED) is 0.0879. The molecule has 0 aliphatic heterocycles. The molecule has 0 fully saturated rings. The lowest BCUT2D eigenvalue weighted by Gasteiger charge is -2.20. The molecule has 0 radical (unpaired) electrons. The first-order chi connectivity index (χ1) is 20.3. The second-order valence-corrected chi connectivity index (χ2v) is 9.12. The minimum atomic E-state index is -4.52. The van der Waals surface area contributed by atoms with Crippen molar-refractivity contribution in [1.82, 2.24) is 0 Å². The Kier molecular flexibility index (Phi) is 9.19. The van der Waals surface area contributed by atoms with Gasteiger partial charge >= 0.3 is 6.11 Å². The fourth-order valence-electron chi connectivity index (χ4n) is 4.08. The summed E-state index contributed by atoms with van der Waals surface area (Å²) in [5.74, 6) is -8.40. The molecule has 0 N–H and O–H groups in total. The SMILES string of the molecule is C/C=C/CCc1cc(F)c(C(F)(F)Oc2ccc(C#Cc3cc(F)c(-c4cc(F)c(F)c(F)c4)c(F)c3)c(F)c2)c(F)c1. The molecule has 222 valence electrons. The van der Waals surface area contributed by atoms with Crippen LogP contribution in [0, 0.1) is 58.4 Å². The van der Waals surface area contributed by atoms with Crippen molar-refractivity contribution in [2.75, 3.05) is 0 Å².